The Morgan fingerprint density at radius 3 is 2.90 bits per heavy atom. The topological polar surface area (TPSA) is 68.8 Å². The third kappa shape index (κ3) is 2.12. The fourth-order valence-corrected chi connectivity index (χ4v) is 2.92. The number of fused-ring (bicyclic) bond motifs is 1. The van der Waals surface area contributed by atoms with Gasteiger partial charge in [-0.15, -0.1) is 0 Å². The van der Waals surface area contributed by atoms with Crippen molar-refractivity contribution in [2.75, 3.05) is 13.1 Å². The van der Waals surface area contributed by atoms with Crippen LogP contribution in [-0.4, -0.2) is 33.0 Å². The van der Waals surface area contributed by atoms with Gasteiger partial charge in [0.05, 0.1) is 11.2 Å². The van der Waals surface area contributed by atoms with E-state index in [0.717, 1.165) is 48.4 Å². The van der Waals surface area contributed by atoms with E-state index in [0.29, 0.717) is 11.9 Å². The number of nitrogens with zero attached hydrogens (tertiary/aromatic N) is 4. The van der Waals surface area contributed by atoms with Gasteiger partial charge in [-0.25, -0.2) is 0 Å². The van der Waals surface area contributed by atoms with E-state index in [1.54, 1.807) is 4.68 Å². The molecule has 0 radical (unpaired) electrons. The Morgan fingerprint density at radius 1 is 1.24 bits per heavy atom. The first-order chi connectivity index (χ1) is 10.3. The van der Waals surface area contributed by atoms with Gasteiger partial charge in [0, 0.05) is 11.3 Å². The number of rotatable bonds is 2. The fraction of sp³-hybridized carbons (Fsp3) is 0.400. The maximum absolute atomic E-state index is 5.47. The molecule has 0 bridgehead atoms. The van der Waals surface area contributed by atoms with Crippen LogP contribution >= 0.6 is 0 Å². The predicted molar refractivity (Wildman–Crippen MR) is 78.5 cm³/mol. The van der Waals surface area contributed by atoms with Crippen molar-refractivity contribution in [3.63, 3.8) is 0 Å². The third-order valence-corrected chi connectivity index (χ3v) is 4.08. The van der Waals surface area contributed by atoms with Crippen LogP contribution in [0.15, 0.2) is 28.8 Å². The second-order valence-electron chi connectivity index (χ2n) is 5.47. The monoisotopic (exact) mass is 283 g/mol. The Kier molecular flexibility index (Phi) is 2.96. The maximum Gasteiger partial charge on any atom is 0.291 e. The van der Waals surface area contributed by atoms with Crippen LogP contribution in [0, 0.1) is 6.92 Å². The summed E-state index contributed by atoms with van der Waals surface area (Å²) < 4.78 is 7.23. The van der Waals surface area contributed by atoms with Crippen LogP contribution in [-0.2, 0) is 0 Å². The Balaban J connectivity index is 1.74. The van der Waals surface area contributed by atoms with Crippen LogP contribution in [0.5, 0.6) is 0 Å². The first kappa shape index (κ1) is 12.5. The molecule has 0 saturated carbocycles. The van der Waals surface area contributed by atoms with E-state index in [2.05, 4.69) is 26.6 Å². The lowest BCUT2D eigenvalue weighted by molar-refractivity contribution is 0.319. The molecule has 0 aliphatic carbocycles. The van der Waals surface area contributed by atoms with Crippen molar-refractivity contribution in [3.8, 4) is 5.95 Å². The number of piperidine rings is 1. The van der Waals surface area contributed by atoms with Crippen molar-refractivity contribution < 1.29 is 4.52 Å². The highest BCUT2D eigenvalue weighted by Gasteiger charge is 2.22. The summed E-state index contributed by atoms with van der Waals surface area (Å²) in [7, 11) is 0. The van der Waals surface area contributed by atoms with Gasteiger partial charge in [-0.05, 0) is 44.1 Å². The number of aromatic nitrogens is 4. The van der Waals surface area contributed by atoms with E-state index in [9.17, 15) is 0 Å². The summed E-state index contributed by atoms with van der Waals surface area (Å²) in [6.45, 7) is 4.00. The van der Waals surface area contributed by atoms with E-state index >= 15 is 0 Å². The van der Waals surface area contributed by atoms with Crippen molar-refractivity contribution in [1.82, 2.24) is 25.2 Å². The summed E-state index contributed by atoms with van der Waals surface area (Å²) in [5.74, 6) is 1.60. The molecule has 1 fully saturated rings. The highest BCUT2D eigenvalue weighted by atomic mass is 16.5. The van der Waals surface area contributed by atoms with E-state index in [1.807, 2.05) is 25.1 Å². The first-order valence-electron chi connectivity index (χ1n) is 7.32. The lowest BCUT2D eigenvalue weighted by Gasteiger charge is -2.18. The molecule has 108 valence electrons. The van der Waals surface area contributed by atoms with Crippen LogP contribution < -0.4 is 5.32 Å². The lowest BCUT2D eigenvalue weighted by atomic mass is 9.98. The largest absolute Gasteiger partial charge is 0.337 e. The van der Waals surface area contributed by atoms with Gasteiger partial charge in [0.1, 0.15) is 0 Å². The Labute approximate surface area is 122 Å². The third-order valence-electron chi connectivity index (χ3n) is 4.08. The van der Waals surface area contributed by atoms with E-state index in [1.165, 1.54) is 0 Å². The van der Waals surface area contributed by atoms with Crippen LogP contribution in [0.4, 0.5) is 0 Å². The number of hydrogen-bond donors (Lipinski definition) is 1. The Hall–Kier alpha value is -2.21. The van der Waals surface area contributed by atoms with Gasteiger partial charge in [0.25, 0.3) is 5.95 Å². The molecule has 0 spiro atoms. The van der Waals surface area contributed by atoms with Crippen molar-refractivity contribution in [3.05, 3.63) is 35.9 Å². The predicted octanol–water partition coefficient (Wildman–Crippen LogP) is 2.18. The average Bonchev–Trinajstić information content (AvgIpc) is 3.14. The summed E-state index contributed by atoms with van der Waals surface area (Å²) >= 11 is 0. The summed E-state index contributed by atoms with van der Waals surface area (Å²) in [5.41, 5.74) is 1.98. The number of para-hydroxylation sites is 1. The highest BCUT2D eigenvalue weighted by Crippen LogP contribution is 2.25. The molecule has 1 aliphatic heterocycles. The first-order valence-corrected chi connectivity index (χ1v) is 7.32. The van der Waals surface area contributed by atoms with Gasteiger partial charge in [0.15, 0.2) is 0 Å². The minimum Gasteiger partial charge on any atom is -0.337 e. The maximum atomic E-state index is 5.47. The standard InChI is InChI=1S/C15H17N5O/c1-10-12-4-2-3-5-13(12)20(18-10)15-17-14(21-19-15)11-6-8-16-9-7-11/h2-5,11,16H,6-9H2,1H3. The molecule has 4 rings (SSSR count). The van der Waals surface area contributed by atoms with Gasteiger partial charge < -0.3 is 9.84 Å². The zero-order valence-electron chi connectivity index (χ0n) is 11.9. The molecular weight excluding hydrogens is 266 g/mol. The fourth-order valence-electron chi connectivity index (χ4n) is 2.92. The zero-order chi connectivity index (χ0) is 14.2. The van der Waals surface area contributed by atoms with E-state index in [4.69, 9.17) is 4.52 Å². The average molecular weight is 283 g/mol. The van der Waals surface area contributed by atoms with E-state index < -0.39 is 0 Å². The minimum atomic E-state index is 0.357. The SMILES string of the molecule is Cc1nn(-c2noc(C3CCNCC3)n2)c2ccccc12. The second kappa shape index (κ2) is 4.96. The molecular formula is C15H17N5O. The molecule has 1 aliphatic rings. The minimum absolute atomic E-state index is 0.357. The number of benzene rings is 1. The van der Waals surface area contributed by atoms with Gasteiger partial charge in [-0.2, -0.15) is 14.8 Å². The molecule has 1 N–H and O–H groups in total. The van der Waals surface area contributed by atoms with Gasteiger partial charge in [-0.1, -0.05) is 18.2 Å². The Morgan fingerprint density at radius 2 is 2.05 bits per heavy atom. The van der Waals surface area contributed by atoms with Gasteiger partial charge in [0.2, 0.25) is 5.89 Å². The summed E-state index contributed by atoms with van der Waals surface area (Å²) in [4.78, 5) is 4.56. The van der Waals surface area contributed by atoms with Crippen LogP contribution in [0.1, 0.15) is 30.3 Å². The van der Waals surface area contributed by atoms with E-state index in [-0.39, 0.29) is 0 Å². The molecule has 0 unspecified atom stereocenters. The molecule has 3 aromatic rings. The highest BCUT2D eigenvalue weighted by molar-refractivity contribution is 5.82. The van der Waals surface area contributed by atoms with Crippen LogP contribution in [0.3, 0.4) is 0 Å². The molecule has 0 atom stereocenters. The molecule has 21 heavy (non-hydrogen) atoms. The lowest BCUT2D eigenvalue weighted by Crippen LogP contribution is -2.26. The van der Waals surface area contributed by atoms with Crippen LogP contribution in [0.25, 0.3) is 16.9 Å². The molecule has 3 heterocycles. The summed E-state index contributed by atoms with van der Waals surface area (Å²) in [6, 6.07) is 8.09. The van der Waals surface area contributed by atoms with Gasteiger partial charge in [-0.3, -0.25) is 0 Å². The van der Waals surface area contributed by atoms with Crippen LogP contribution in [0.2, 0.25) is 0 Å². The molecule has 1 saturated heterocycles. The molecule has 0 amide bonds. The summed E-state index contributed by atoms with van der Waals surface area (Å²) in [5, 5.41) is 13.1. The normalized spacial score (nSPS) is 16.6. The quantitative estimate of drug-likeness (QED) is 0.780. The van der Waals surface area contributed by atoms with Crippen molar-refractivity contribution in [1.29, 1.82) is 0 Å². The Bertz CT molecular complexity index is 769. The van der Waals surface area contributed by atoms with Gasteiger partial charge >= 0.3 is 0 Å². The molecule has 6 nitrogen and oxygen atoms in total. The molecule has 1 aromatic carbocycles. The van der Waals surface area contributed by atoms with Crippen molar-refractivity contribution >= 4 is 10.9 Å². The molecule has 2 aromatic heterocycles. The molecule has 6 heteroatoms. The zero-order valence-corrected chi connectivity index (χ0v) is 11.9. The smallest absolute Gasteiger partial charge is 0.291 e. The number of aryl methyl sites for hydroxylation is 1. The van der Waals surface area contributed by atoms with Crippen molar-refractivity contribution in [2.45, 2.75) is 25.7 Å². The number of nitrogens with one attached hydrogen (secondary N) is 1. The number of hydrogen-bond acceptors (Lipinski definition) is 5. The second-order valence-corrected chi connectivity index (χ2v) is 5.47. The summed E-state index contributed by atoms with van der Waals surface area (Å²) in [6.07, 6.45) is 2.08. The van der Waals surface area contributed by atoms with Crippen molar-refractivity contribution in [2.24, 2.45) is 0 Å².